The van der Waals surface area contributed by atoms with Crippen molar-refractivity contribution in [3.63, 3.8) is 0 Å². The summed E-state index contributed by atoms with van der Waals surface area (Å²) in [6.07, 6.45) is 1.47. The number of benzene rings is 1. The van der Waals surface area contributed by atoms with Crippen LogP contribution in [-0.4, -0.2) is 55.1 Å². The van der Waals surface area contributed by atoms with E-state index in [1.54, 1.807) is 18.2 Å². The average Bonchev–Trinajstić information content (AvgIpc) is 3.16. The Balaban J connectivity index is 1.59. The van der Waals surface area contributed by atoms with E-state index < -0.39 is 11.8 Å². The van der Waals surface area contributed by atoms with Crippen molar-refractivity contribution in [2.75, 3.05) is 43.0 Å². The number of anilines is 2. The smallest absolute Gasteiger partial charge is 0.270 e. The van der Waals surface area contributed by atoms with Gasteiger partial charge in [0.15, 0.2) is 11.0 Å². The van der Waals surface area contributed by atoms with E-state index in [9.17, 15) is 9.59 Å². The number of piperazine rings is 1. The number of carbonyl (C=O) groups is 2. The summed E-state index contributed by atoms with van der Waals surface area (Å²) in [5, 5.41) is 2.66. The van der Waals surface area contributed by atoms with Crippen molar-refractivity contribution < 1.29 is 14.0 Å². The van der Waals surface area contributed by atoms with Crippen LogP contribution in [0.25, 0.3) is 6.08 Å². The van der Waals surface area contributed by atoms with Gasteiger partial charge in [-0.15, -0.1) is 0 Å². The van der Waals surface area contributed by atoms with E-state index in [-0.39, 0.29) is 10.7 Å². The van der Waals surface area contributed by atoms with Crippen LogP contribution in [0.15, 0.2) is 46.4 Å². The second-order valence-corrected chi connectivity index (χ2v) is 7.65. The molecule has 0 bridgehead atoms. The second kappa shape index (κ2) is 7.81. The number of nitrogens with zero attached hydrogens (tertiary/aromatic N) is 3. The summed E-state index contributed by atoms with van der Waals surface area (Å²) in [5.74, 6) is 0.190. The molecule has 2 saturated heterocycles. The maximum absolute atomic E-state index is 13.0. The molecular formula is C21H22N4O3S. The molecule has 2 aliphatic rings. The summed E-state index contributed by atoms with van der Waals surface area (Å²) < 4.78 is 5.89. The van der Waals surface area contributed by atoms with Gasteiger partial charge in [0.1, 0.15) is 11.3 Å². The minimum Gasteiger partial charge on any atom is -0.441 e. The third kappa shape index (κ3) is 3.94. The van der Waals surface area contributed by atoms with E-state index in [1.807, 2.05) is 25.1 Å². The number of hydrogen-bond acceptors (Lipinski definition) is 6. The lowest BCUT2D eigenvalue weighted by Gasteiger charge is -2.32. The first kappa shape index (κ1) is 19.4. The van der Waals surface area contributed by atoms with Crippen LogP contribution in [-0.2, 0) is 9.59 Å². The Morgan fingerprint density at radius 2 is 1.72 bits per heavy atom. The predicted molar refractivity (Wildman–Crippen MR) is 116 cm³/mol. The molecule has 0 aliphatic carbocycles. The number of nitrogens with one attached hydrogen (secondary N) is 1. The monoisotopic (exact) mass is 410 g/mol. The molecule has 1 aromatic heterocycles. The molecule has 7 nitrogen and oxygen atoms in total. The van der Waals surface area contributed by atoms with Gasteiger partial charge in [0, 0.05) is 32.2 Å². The van der Waals surface area contributed by atoms with Crippen LogP contribution in [0.3, 0.4) is 0 Å². The number of aryl methyl sites for hydroxylation is 1. The maximum atomic E-state index is 13.0. The number of amides is 2. The summed E-state index contributed by atoms with van der Waals surface area (Å²) in [6, 6.07) is 11.0. The van der Waals surface area contributed by atoms with Crippen LogP contribution in [0, 0.1) is 6.92 Å². The van der Waals surface area contributed by atoms with Crippen molar-refractivity contribution in [3.05, 3.63) is 53.3 Å². The Hall–Kier alpha value is -2.97. The number of likely N-dealkylation sites (N-methyl/N-ethyl adjacent to an activating group) is 1. The summed E-state index contributed by atoms with van der Waals surface area (Å²) in [6.45, 7) is 5.62. The quantitative estimate of drug-likeness (QED) is 0.475. The number of rotatable bonds is 3. The molecule has 0 radical (unpaired) electrons. The SMILES string of the molecule is Cc1ccc(N2C(=O)/C(=C/c3ccc(N4CCN(C)CC4)o3)C(=O)NC2=S)cc1. The largest absolute Gasteiger partial charge is 0.441 e. The second-order valence-electron chi connectivity index (χ2n) is 7.26. The lowest BCUT2D eigenvalue weighted by atomic mass is 10.1. The normalized spacial score (nSPS) is 19.8. The van der Waals surface area contributed by atoms with Gasteiger partial charge in [-0.2, -0.15) is 0 Å². The first-order valence-corrected chi connectivity index (χ1v) is 9.84. The summed E-state index contributed by atoms with van der Waals surface area (Å²) >= 11 is 5.22. The van der Waals surface area contributed by atoms with Crippen LogP contribution in [0.5, 0.6) is 0 Å². The van der Waals surface area contributed by atoms with Crippen LogP contribution in [0.1, 0.15) is 11.3 Å². The molecule has 150 valence electrons. The van der Waals surface area contributed by atoms with Crippen molar-refractivity contribution in [3.8, 4) is 0 Å². The molecule has 2 fully saturated rings. The fraction of sp³-hybridized carbons (Fsp3) is 0.286. The highest BCUT2D eigenvalue weighted by molar-refractivity contribution is 7.80. The van der Waals surface area contributed by atoms with Crippen LogP contribution >= 0.6 is 12.2 Å². The van der Waals surface area contributed by atoms with Gasteiger partial charge in [0.2, 0.25) is 0 Å². The van der Waals surface area contributed by atoms with Gasteiger partial charge in [-0.25, -0.2) is 0 Å². The van der Waals surface area contributed by atoms with Gasteiger partial charge in [-0.3, -0.25) is 19.8 Å². The van der Waals surface area contributed by atoms with E-state index in [0.29, 0.717) is 11.4 Å². The Kier molecular flexibility index (Phi) is 5.21. The molecule has 4 rings (SSSR count). The Labute approximate surface area is 174 Å². The molecule has 0 atom stereocenters. The highest BCUT2D eigenvalue weighted by atomic mass is 32.1. The molecule has 29 heavy (non-hydrogen) atoms. The fourth-order valence-corrected chi connectivity index (χ4v) is 3.63. The van der Waals surface area contributed by atoms with Gasteiger partial charge >= 0.3 is 0 Å². The zero-order chi connectivity index (χ0) is 20.5. The average molecular weight is 410 g/mol. The summed E-state index contributed by atoms with van der Waals surface area (Å²) in [5.41, 5.74) is 1.66. The number of furan rings is 1. The molecule has 2 amide bonds. The van der Waals surface area contributed by atoms with E-state index in [4.69, 9.17) is 16.6 Å². The highest BCUT2D eigenvalue weighted by Gasteiger charge is 2.34. The Morgan fingerprint density at radius 3 is 2.41 bits per heavy atom. The van der Waals surface area contributed by atoms with Gasteiger partial charge in [-0.05, 0) is 50.5 Å². The molecule has 3 heterocycles. The van der Waals surface area contributed by atoms with Crippen molar-refractivity contribution in [2.45, 2.75) is 6.92 Å². The van der Waals surface area contributed by atoms with Gasteiger partial charge < -0.3 is 14.2 Å². The lowest BCUT2D eigenvalue weighted by Crippen LogP contribution is -2.54. The first-order chi connectivity index (χ1) is 13.9. The molecule has 8 heteroatoms. The third-order valence-corrected chi connectivity index (χ3v) is 5.39. The van der Waals surface area contributed by atoms with E-state index in [1.165, 1.54) is 11.0 Å². The minimum atomic E-state index is -0.527. The minimum absolute atomic E-state index is 0.0153. The maximum Gasteiger partial charge on any atom is 0.270 e. The van der Waals surface area contributed by atoms with E-state index in [0.717, 1.165) is 37.6 Å². The fourth-order valence-electron chi connectivity index (χ4n) is 3.34. The Bertz CT molecular complexity index is 988. The molecule has 1 N–H and O–H groups in total. The molecule has 0 unspecified atom stereocenters. The third-order valence-electron chi connectivity index (χ3n) is 5.11. The Morgan fingerprint density at radius 1 is 1.03 bits per heavy atom. The zero-order valence-electron chi connectivity index (χ0n) is 16.3. The topological polar surface area (TPSA) is 69.0 Å². The van der Waals surface area contributed by atoms with Crippen molar-refractivity contribution in [1.82, 2.24) is 10.2 Å². The van der Waals surface area contributed by atoms with E-state index in [2.05, 4.69) is 22.2 Å². The predicted octanol–water partition coefficient (Wildman–Crippen LogP) is 2.17. The van der Waals surface area contributed by atoms with Gasteiger partial charge in [0.25, 0.3) is 11.8 Å². The molecular weight excluding hydrogens is 388 g/mol. The molecule has 0 saturated carbocycles. The highest BCUT2D eigenvalue weighted by Crippen LogP contribution is 2.25. The zero-order valence-corrected chi connectivity index (χ0v) is 17.2. The van der Waals surface area contributed by atoms with Gasteiger partial charge in [-0.1, -0.05) is 17.7 Å². The molecule has 2 aromatic rings. The number of carbonyl (C=O) groups excluding carboxylic acids is 2. The van der Waals surface area contributed by atoms with Gasteiger partial charge in [0.05, 0.1) is 5.69 Å². The van der Waals surface area contributed by atoms with Crippen LogP contribution in [0.4, 0.5) is 11.6 Å². The van der Waals surface area contributed by atoms with Crippen LogP contribution < -0.4 is 15.1 Å². The molecule has 2 aliphatic heterocycles. The summed E-state index contributed by atoms with van der Waals surface area (Å²) in [7, 11) is 2.09. The van der Waals surface area contributed by atoms with Crippen molar-refractivity contribution in [2.24, 2.45) is 0 Å². The molecule has 1 aromatic carbocycles. The number of thiocarbonyl (C=S) groups is 1. The number of hydrogen-bond donors (Lipinski definition) is 1. The standard InChI is InChI=1S/C21H22N4O3S/c1-14-3-5-15(6-4-14)25-20(27)17(19(26)22-21(25)29)13-16-7-8-18(28-16)24-11-9-23(2)10-12-24/h3-8,13H,9-12H2,1-2H3,(H,22,26,29)/b17-13+. The molecule has 0 spiro atoms. The van der Waals surface area contributed by atoms with Crippen molar-refractivity contribution in [1.29, 1.82) is 0 Å². The lowest BCUT2D eigenvalue weighted by molar-refractivity contribution is -0.122. The van der Waals surface area contributed by atoms with Crippen molar-refractivity contribution >= 4 is 46.8 Å². The van der Waals surface area contributed by atoms with E-state index >= 15 is 0 Å². The summed E-state index contributed by atoms with van der Waals surface area (Å²) in [4.78, 5) is 31.2. The first-order valence-electron chi connectivity index (χ1n) is 9.44. The van der Waals surface area contributed by atoms with Crippen LogP contribution in [0.2, 0.25) is 0 Å².